The fourth-order valence-corrected chi connectivity index (χ4v) is 0.790. The van der Waals surface area contributed by atoms with Gasteiger partial charge in [0, 0.05) is 0 Å². The molecule has 0 spiro atoms. The number of nitrogens with zero attached hydrogens (tertiary/aromatic N) is 4. The molecular formula is C5H5N5. The molecule has 0 saturated heterocycles. The van der Waals surface area contributed by atoms with Gasteiger partial charge >= 0.3 is 0 Å². The van der Waals surface area contributed by atoms with Gasteiger partial charge in [0.2, 0.25) is 0 Å². The van der Waals surface area contributed by atoms with Crippen LogP contribution in [-0.2, 0) is 0 Å². The average Bonchev–Trinajstić information content (AvgIpc) is 2.36. The Bertz CT molecular complexity index is 352. The molecule has 2 N–H and O–H groups in total. The third-order valence-electron chi connectivity index (χ3n) is 1.27. The summed E-state index contributed by atoms with van der Waals surface area (Å²) in [5.41, 5.74) is 6.25. The molecule has 0 bridgehead atoms. The molecule has 0 aliphatic heterocycles. The van der Waals surface area contributed by atoms with Gasteiger partial charge in [-0.25, -0.2) is 4.98 Å². The van der Waals surface area contributed by atoms with Crippen LogP contribution in [0.3, 0.4) is 0 Å². The van der Waals surface area contributed by atoms with Gasteiger partial charge in [0.15, 0.2) is 5.82 Å². The highest BCUT2D eigenvalue weighted by Gasteiger charge is 1.96. The van der Waals surface area contributed by atoms with Crippen LogP contribution in [0.2, 0.25) is 0 Å². The first-order valence-electron chi connectivity index (χ1n) is 2.77. The van der Waals surface area contributed by atoms with Crippen molar-refractivity contribution in [2.45, 2.75) is 0 Å². The number of hydrogen-bond acceptors (Lipinski definition) is 4. The molecular weight excluding hydrogens is 130 g/mol. The lowest BCUT2D eigenvalue weighted by Gasteiger charge is -1.91. The van der Waals surface area contributed by atoms with Gasteiger partial charge in [0.05, 0.1) is 6.20 Å². The van der Waals surface area contributed by atoms with E-state index in [1.165, 1.54) is 0 Å². The highest BCUT2D eigenvalue weighted by molar-refractivity contribution is 5.62. The molecule has 2 heterocycles. The van der Waals surface area contributed by atoms with Crippen LogP contribution in [-0.4, -0.2) is 19.6 Å². The van der Waals surface area contributed by atoms with Crippen molar-refractivity contribution in [1.82, 2.24) is 19.6 Å². The average molecular weight is 135 g/mol. The number of rotatable bonds is 0. The van der Waals surface area contributed by atoms with Gasteiger partial charge in [-0.2, -0.15) is 0 Å². The maximum atomic E-state index is 5.47. The maximum Gasteiger partial charge on any atom is 0.172 e. The predicted molar refractivity (Wildman–Crippen MR) is 35.2 cm³/mol. The molecule has 2 aromatic rings. The van der Waals surface area contributed by atoms with Crippen LogP contribution in [0.25, 0.3) is 5.52 Å². The molecule has 0 fully saturated rings. The van der Waals surface area contributed by atoms with E-state index in [4.69, 9.17) is 5.73 Å². The third kappa shape index (κ3) is 0.540. The SMILES string of the molecule is Nc1nncn2cncc12. The smallest absolute Gasteiger partial charge is 0.172 e. The first-order chi connectivity index (χ1) is 4.88. The minimum atomic E-state index is 0.403. The quantitative estimate of drug-likeness (QED) is 0.538. The molecule has 0 radical (unpaired) electrons. The second-order valence-electron chi connectivity index (χ2n) is 1.90. The highest BCUT2D eigenvalue weighted by atomic mass is 15.2. The van der Waals surface area contributed by atoms with Crippen molar-refractivity contribution in [3.05, 3.63) is 18.9 Å². The number of aromatic nitrogens is 4. The van der Waals surface area contributed by atoms with Crippen LogP contribution in [0, 0.1) is 0 Å². The van der Waals surface area contributed by atoms with E-state index in [9.17, 15) is 0 Å². The minimum absolute atomic E-state index is 0.403. The van der Waals surface area contributed by atoms with Crippen LogP contribution in [0.15, 0.2) is 18.9 Å². The van der Waals surface area contributed by atoms with Crippen molar-refractivity contribution in [2.24, 2.45) is 0 Å². The Hall–Kier alpha value is -1.65. The maximum absolute atomic E-state index is 5.47. The summed E-state index contributed by atoms with van der Waals surface area (Å²) in [5.74, 6) is 0.403. The van der Waals surface area contributed by atoms with E-state index in [-0.39, 0.29) is 0 Å². The lowest BCUT2D eigenvalue weighted by molar-refractivity contribution is 0.954. The van der Waals surface area contributed by atoms with Crippen LogP contribution in [0.1, 0.15) is 0 Å². The van der Waals surface area contributed by atoms with Gasteiger partial charge in [-0.1, -0.05) is 0 Å². The third-order valence-corrected chi connectivity index (χ3v) is 1.27. The van der Waals surface area contributed by atoms with Gasteiger partial charge in [-0.3, -0.25) is 4.40 Å². The summed E-state index contributed by atoms with van der Waals surface area (Å²) >= 11 is 0. The topological polar surface area (TPSA) is 69.1 Å². The fraction of sp³-hybridized carbons (Fsp3) is 0. The zero-order valence-electron chi connectivity index (χ0n) is 5.10. The zero-order valence-corrected chi connectivity index (χ0v) is 5.10. The largest absolute Gasteiger partial charge is 0.380 e. The summed E-state index contributed by atoms with van der Waals surface area (Å²) in [6.45, 7) is 0. The summed E-state index contributed by atoms with van der Waals surface area (Å²) in [5, 5.41) is 7.28. The zero-order chi connectivity index (χ0) is 6.97. The van der Waals surface area contributed by atoms with Crippen LogP contribution in [0.4, 0.5) is 5.82 Å². The van der Waals surface area contributed by atoms with Crippen molar-refractivity contribution in [2.75, 3.05) is 5.73 Å². The highest BCUT2D eigenvalue weighted by Crippen LogP contribution is 2.04. The molecule has 5 heteroatoms. The number of nitrogen functional groups attached to an aromatic ring is 1. The van der Waals surface area contributed by atoms with Crippen LogP contribution >= 0.6 is 0 Å². The van der Waals surface area contributed by atoms with E-state index in [2.05, 4.69) is 15.2 Å². The summed E-state index contributed by atoms with van der Waals surface area (Å²) in [6, 6.07) is 0. The van der Waals surface area contributed by atoms with E-state index < -0.39 is 0 Å². The summed E-state index contributed by atoms with van der Waals surface area (Å²) < 4.78 is 1.71. The normalized spacial score (nSPS) is 10.4. The Labute approximate surface area is 56.5 Å². The van der Waals surface area contributed by atoms with Crippen LogP contribution < -0.4 is 5.73 Å². The predicted octanol–water partition coefficient (Wildman–Crippen LogP) is -0.294. The van der Waals surface area contributed by atoms with Gasteiger partial charge in [0.25, 0.3) is 0 Å². The standard InChI is InChI=1S/C5H5N5/c6-5-4-1-7-2-10(4)3-8-9-5/h1-3H,(H2,6,9). The number of anilines is 1. The van der Waals surface area contributed by atoms with Crippen molar-refractivity contribution < 1.29 is 0 Å². The van der Waals surface area contributed by atoms with Gasteiger partial charge in [-0.05, 0) is 0 Å². The molecule has 0 aliphatic carbocycles. The monoisotopic (exact) mass is 135 g/mol. The molecule has 2 aromatic heterocycles. The van der Waals surface area contributed by atoms with E-state index in [1.54, 1.807) is 23.3 Å². The number of nitrogens with two attached hydrogens (primary N) is 1. The molecule has 0 unspecified atom stereocenters. The molecule has 0 amide bonds. The molecule has 5 nitrogen and oxygen atoms in total. The Morgan fingerprint density at radius 3 is 3.10 bits per heavy atom. The molecule has 0 atom stereocenters. The molecule has 0 aliphatic rings. The molecule has 0 saturated carbocycles. The van der Waals surface area contributed by atoms with E-state index in [0.717, 1.165) is 5.52 Å². The Kier molecular flexibility index (Phi) is 0.858. The summed E-state index contributed by atoms with van der Waals surface area (Å²) in [6.07, 6.45) is 4.82. The van der Waals surface area contributed by atoms with E-state index >= 15 is 0 Å². The second kappa shape index (κ2) is 1.66. The molecule has 50 valence electrons. The fourth-order valence-electron chi connectivity index (χ4n) is 0.790. The van der Waals surface area contributed by atoms with Gasteiger partial charge < -0.3 is 5.73 Å². The lowest BCUT2D eigenvalue weighted by atomic mass is 10.5. The first kappa shape index (κ1) is 5.16. The van der Waals surface area contributed by atoms with Crippen molar-refractivity contribution in [3.63, 3.8) is 0 Å². The number of hydrogen-bond donors (Lipinski definition) is 1. The van der Waals surface area contributed by atoms with Crippen LogP contribution in [0.5, 0.6) is 0 Å². The molecule has 10 heavy (non-hydrogen) atoms. The van der Waals surface area contributed by atoms with Crippen molar-refractivity contribution in [1.29, 1.82) is 0 Å². The first-order valence-corrected chi connectivity index (χ1v) is 2.77. The summed E-state index contributed by atoms with van der Waals surface area (Å²) in [4.78, 5) is 3.87. The van der Waals surface area contributed by atoms with E-state index in [0.29, 0.717) is 5.82 Å². The Morgan fingerprint density at radius 2 is 2.30 bits per heavy atom. The number of fused-ring (bicyclic) bond motifs is 1. The Balaban J connectivity index is 2.95. The van der Waals surface area contributed by atoms with Crippen molar-refractivity contribution in [3.8, 4) is 0 Å². The second-order valence-corrected chi connectivity index (χ2v) is 1.90. The summed E-state index contributed by atoms with van der Waals surface area (Å²) in [7, 11) is 0. The molecule has 2 rings (SSSR count). The van der Waals surface area contributed by atoms with E-state index in [1.807, 2.05) is 0 Å². The molecule has 0 aromatic carbocycles. The van der Waals surface area contributed by atoms with Gasteiger partial charge in [0.1, 0.15) is 18.2 Å². The Morgan fingerprint density at radius 1 is 1.40 bits per heavy atom. The lowest BCUT2D eigenvalue weighted by Crippen LogP contribution is -1.96. The van der Waals surface area contributed by atoms with Crippen molar-refractivity contribution >= 4 is 11.3 Å². The number of imidazole rings is 1. The van der Waals surface area contributed by atoms with Gasteiger partial charge in [-0.15, -0.1) is 10.2 Å². The minimum Gasteiger partial charge on any atom is -0.380 e.